The van der Waals surface area contributed by atoms with Crippen molar-refractivity contribution in [2.45, 2.75) is 45.5 Å². The van der Waals surface area contributed by atoms with Gasteiger partial charge in [0.1, 0.15) is 23.1 Å². The van der Waals surface area contributed by atoms with E-state index in [1.807, 2.05) is 0 Å². The number of aromatic nitrogens is 1. The van der Waals surface area contributed by atoms with Crippen molar-refractivity contribution in [2.75, 3.05) is 0 Å². The Morgan fingerprint density at radius 1 is 1.10 bits per heavy atom. The quantitative estimate of drug-likeness (QED) is 0.282. The zero-order valence-electron chi connectivity index (χ0n) is 20.9. The molecule has 1 saturated carbocycles. The lowest BCUT2D eigenvalue weighted by molar-refractivity contribution is -0.274. The average molecular weight is 563 g/mol. The second-order valence-electron chi connectivity index (χ2n) is 9.38. The zero-order chi connectivity index (χ0) is 28.5. The number of rotatable bonds is 7. The number of carbonyl (C=O) groups is 3. The Kier molecular flexibility index (Phi) is 8.06. The van der Waals surface area contributed by atoms with E-state index in [9.17, 15) is 31.9 Å². The number of Topliss-reactive ketones (excluding diaryl/α,β-unsaturated/α-hetero) is 2. The summed E-state index contributed by atoms with van der Waals surface area (Å²) in [5.41, 5.74) is 2.88. The molecule has 1 aliphatic carbocycles. The molecule has 1 fully saturated rings. The van der Waals surface area contributed by atoms with Crippen LogP contribution in [0.2, 0.25) is 5.02 Å². The molecule has 1 aliphatic rings. The largest absolute Gasteiger partial charge is 0.573 e. The summed E-state index contributed by atoms with van der Waals surface area (Å²) in [5.74, 6) is -3.94. The van der Waals surface area contributed by atoms with E-state index in [0.29, 0.717) is 27.8 Å². The lowest BCUT2D eigenvalue weighted by Crippen LogP contribution is -2.27. The van der Waals surface area contributed by atoms with Gasteiger partial charge in [0.05, 0.1) is 5.02 Å². The molecular weight excluding hydrogens is 540 g/mol. The second kappa shape index (κ2) is 11.1. The molecule has 4 rings (SSSR count). The van der Waals surface area contributed by atoms with Crippen molar-refractivity contribution in [3.05, 3.63) is 81.8 Å². The monoisotopic (exact) mass is 562 g/mol. The Labute approximate surface area is 226 Å². The number of aryl methyl sites for hydroxylation is 2. The van der Waals surface area contributed by atoms with E-state index in [1.165, 1.54) is 18.3 Å². The number of hydrogen-bond acceptors (Lipinski definition) is 5. The van der Waals surface area contributed by atoms with E-state index in [0.717, 1.165) is 18.2 Å². The molecule has 2 aromatic carbocycles. The number of alkyl halides is 3. The minimum Gasteiger partial charge on any atom is -0.406 e. The molecular formula is C28H23ClF4N2O4. The zero-order valence-corrected chi connectivity index (χ0v) is 21.6. The van der Waals surface area contributed by atoms with Gasteiger partial charge >= 0.3 is 6.36 Å². The van der Waals surface area contributed by atoms with Crippen LogP contribution in [0, 0.1) is 25.6 Å². The molecule has 204 valence electrons. The number of benzene rings is 2. The van der Waals surface area contributed by atoms with E-state index in [-0.39, 0.29) is 47.4 Å². The fourth-order valence-corrected chi connectivity index (χ4v) is 4.98. The summed E-state index contributed by atoms with van der Waals surface area (Å²) in [7, 11) is 0. The van der Waals surface area contributed by atoms with E-state index in [4.69, 9.17) is 11.6 Å². The number of carbonyl (C=O) groups excluding carboxylic acids is 3. The van der Waals surface area contributed by atoms with Crippen LogP contribution in [0.5, 0.6) is 5.75 Å². The molecule has 1 N–H and O–H groups in total. The molecule has 0 saturated heterocycles. The molecule has 0 bridgehead atoms. The lowest BCUT2D eigenvalue weighted by Gasteiger charge is -2.17. The number of nitrogens with zero attached hydrogens (tertiary/aromatic N) is 1. The number of hydrogen-bond donors (Lipinski definition) is 1. The number of amides is 1. The van der Waals surface area contributed by atoms with Crippen LogP contribution in [-0.4, -0.2) is 28.8 Å². The molecule has 11 heteroatoms. The van der Waals surface area contributed by atoms with Crippen LogP contribution in [0.1, 0.15) is 41.0 Å². The summed E-state index contributed by atoms with van der Waals surface area (Å²) >= 11 is 5.79. The topological polar surface area (TPSA) is 85.4 Å². The number of ether oxygens (including phenoxy) is 1. The maximum atomic E-state index is 14.4. The van der Waals surface area contributed by atoms with E-state index in [2.05, 4.69) is 15.0 Å². The van der Waals surface area contributed by atoms with Gasteiger partial charge in [0.25, 0.3) is 0 Å². The summed E-state index contributed by atoms with van der Waals surface area (Å²) in [4.78, 5) is 42.7. The Morgan fingerprint density at radius 2 is 1.74 bits per heavy atom. The average Bonchev–Trinajstić information content (AvgIpc) is 3.10. The van der Waals surface area contributed by atoms with Gasteiger partial charge in [-0.25, -0.2) is 4.39 Å². The van der Waals surface area contributed by atoms with Crippen LogP contribution in [0.4, 0.5) is 17.6 Å². The van der Waals surface area contributed by atoms with Crippen LogP contribution in [0.25, 0.3) is 11.3 Å². The predicted octanol–water partition coefficient (Wildman–Crippen LogP) is 6.00. The van der Waals surface area contributed by atoms with Gasteiger partial charge in [-0.05, 0) is 66.4 Å². The third kappa shape index (κ3) is 6.62. The Hall–Kier alpha value is -3.79. The van der Waals surface area contributed by atoms with Gasteiger partial charge in [-0.2, -0.15) is 0 Å². The summed E-state index contributed by atoms with van der Waals surface area (Å²) in [6, 6.07) is 9.49. The third-order valence-electron chi connectivity index (χ3n) is 6.50. The van der Waals surface area contributed by atoms with E-state index >= 15 is 0 Å². The normalized spacial score (nSPS) is 17.4. The van der Waals surface area contributed by atoms with Crippen LogP contribution in [-0.2, 0) is 20.9 Å². The SMILES string of the molecule is Cc1cc(-c2ncc(Cl)cc2F)cc(C)c1C1C(=O)CC(CC(=O)NCc2ccc(OC(F)(F)F)cc2)C1=O. The van der Waals surface area contributed by atoms with Gasteiger partial charge in [0.15, 0.2) is 11.6 Å². The van der Waals surface area contributed by atoms with Crippen molar-refractivity contribution in [3.8, 4) is 17.0 Å². The first-order valence-electron chi connectivity index (χ1n) is 11.9. The van der Waals surface area contributed by atoms with Crippen molar-refractivity contribution in [1.82, 2.24) is 10.3 Å². The molecule has 1 amide bonds. The van der Waals surface area contributed by atoms with Gasteiger partial charge in [-0.3, -0.25) is 19.4 Å². The van der Waals surface area contributed by atoms with E-state index < -0.39 is 29.9 Å². The molecule has 0 aliphatic heterocycles. The summed E-state index contributed by atoms with van der Waals surface area (Å²) in [5, 5.41) is 2.78. The Balaban J connectivity index is 1.42. The number of halogens is 5. The first-order valence-corrected chi connectivity index (χ1v) is 12.3. The molecule has 3 aromatic rings. The van der Waals surface area contributed by atoms with Crippen molar-refractivity contribution in [3.63, 3.8) is 0 Å². The smallest absolute Gasteiger partial charge is 0.406 e. The number of pyridine rings is 1. The van der Waals surface area contributed by atoms with Gasteiger partial charge < -0.3 is 10.1 Å². The highest BCUT2D eigenvalue weighted by molar-refractivity contribution is 6.30. The molecule has 0 spiro atoms. The standard InChI is InChI=1S/C28H23ClF4N2O4/c1-14-7-17(26-21(30)11-19(29)13-35-26)8-15(2)24(14)25-22(36)9-18(27(25)38)10-23(37)34-12-16-3-5-20(6-4-16)39-28(31,32)33/h3-8,11,13,18,25H,9-10,12H2,1-2H3,(H,34,37). The highest BCUT2D eigenvalue weighted by Gasteiger charge is 2.44. The number of ketones is 2. The lowest BCUT2D eigenvalue weighted by atomic mass is 9.85. The fraction of sp³-hybridized carbons (Fsp3) is 0.286. The molecule has 1 heterocycles. The third-order valence-corrected chi connectivity index (χ3v) is 6.71. The molecule has 6 nitrogen and oxygen atoms in total. The fourth-order valence-electron chi connectivity index (χ4n) is 4.83. The second-order valence-corrected chi connectivity index (χ2v) is 9.82. The predicted molar refractivity (Wildman–Crippen MR) is 135 cm³/mol. The van der Waals surface area contributed by atoms with Crippen molar-refractivity contribution in [2.24, 2.45) is 5.92 Å². The first-order chi connectivity index (χ1) is 18.3. The summed E-state index contributed by atoms with van der Waals surface area (Å²) in [6.45, 7) is 3.48. The van der Waals surface area contributed by atoms with Crippen molar-refractivity contribution in [1.29, 1.82) is 0 Å². The molecule has 2 atom stereocenters. The van der Waals surface area contributed by atoms with Gasteiger partial charge in [0.2, 0.25) is 5.91 Å². The highest BCUT2D eigenvalue weighted by atomic mass is 35.5. The van der Waals surface area contributed by atoms with Crippen LogP contribution >= 0.6 is 11.6 Å². The highest BCUT2D eigenvalue weighted by Crippen LogP contribution is 2.39. The summed E-state index contributed by atoms with van der Waals surface area (Å²) in [6.07, 6.45) is -3.76. The van der Waals surface area contributed by atoms with E-state index in [1.54, 1.807) is 26.0 Å². The molecule has 1 aromatic heterocycles. The van der Waals surface area contributed by atoms with Crippen LogP contribution in [0.3, 0.4) is 0 Å². The van der Waals surface area contributed by atoms with Crippen molar-refractivity contribution >= 4 is 29.1 Å². The van der Waals surface area contributed by atoms with Crippen molar-refractivity contribution < 1.29 is 36.7 Å². The minimum atomic E-state index is -4.80. The number of nitrogens with one attached hydrogen (secondary N) is 1. The van der Waals surface area contributed by atoms with Gasteiger partial charge in [-0.1, -0.05) is 23.7 Å². The van der Waals surface area contributed by atoms with Crippen LogP contribution in [0.15, 0.2) is 48.7 Å². The maximum Gasteiger partial charge on any atom is 0.573 e. The Bertz CT molecular complexity index is 1420. The first kappa shape index (κ1) is 28.2. The maximum absolute atomic E-state index is 14.4. The molecule has 2 unspecified atom stereocenters. The molecule has 0 radical (unpaired) electrons. The van der Waals surface area contributed by atoms with Crippen LogP contribution < -0.4 is 10.1 Å². The minimum absolute atomic E-state index is 0.0262. The van der Waals surface area contributed by atoms with Gasteiger partial charge in [0, 0.05) is 37.1 Å². The Morgan fingerprint density at radius 3 is 2.33 bits per heavy atom. The van der Waals surface area contributed by atoms with Gasteiger partial charge in [-0.15, -0.1) is 13.2 Å². The summed E-state index contributed by atoms with van der Waals surface area (Å²) < 4.78 is 55.1. The molecule has 39 heavy (non-hydrogen) atoms.